The quantitative estimate of drug-likeness (QED) is 0.831. The first-order valence-electron chi connectivity index (χ1n) is 6.72. The Bertz CT molecular complexity index is 710. The van der Waals surface area contributed by atoms with Crippen LogP contribution in [0.25, 0.3) is 0 Å². The lowest BCUT2D eigenvalue weighted by Crippen LogP contribution is -2.13. The smallest absolute Gasteiger partial charge is 0.252 e. The Balaban J connectivity index is 2.26. The van der Waals surface area contributed by atoms with E-state index in [1.165, 1.54) is 6.92 Å². The summed E-state index contributed by atoms with van der Waals surface area (Å²) in [5.74, 6) is 0.410. The first-order chi connectivity index (χ1) is 10.5. The molecule has 2 rings (SSSR count). The van der Waals surface area contributed by atoms with Gasteiger partial charge in [-0.15, -0.1) is 0 Å². The van der Waals surface area contributed by atoms with Gasteiger partial charge in [-0.1, -0.05) is 12.1 Å². The molecule has 0 aliphatic carbocycles. The van der Waals surface area contributed by atoms with Gasteiger partial charge in [0.25, 0.3) is 5.91 Å². The fourth-order valence-electron chi connectivity index (χ4n) is 2.06. The molecule has 114 valence electrons. The van der Waals surface area contributed by atoms with E-state index < -0.39 is 5.91 Å². The van der Waals surface area contributed by atoms with Gasteiger partial charge in [0.15, 0.2) is 5.78 Å². The highest BCUT2D eigenvalue weighted by molar-refractivity contribution is 5.95. The van der Waals surface area contributed by atoms with E-state index in [1.54, 1.807) is 49.6 Å². The summed E-state index contributed by atoms with van der Waals surface area (Å²) in [7, 11) is 1.55. The van der Waals surface area contributed by atoms with Crippen LogP contribution in [-0.2, 0) is 6.61 Å². The number of para-hydroxylation sites is 1. The average Bonchev–Trinajstić information content (AvgIpc) is 2.52. The van der Waals surface area contributed by atoms with Crippen LogP contribution in [0, 0.1) is 0 Å². The van der Waals surface area contributed by atoms with Gasteiger partial charge in [-0.05, 0) is 37.3 Å². The number of carbonyl (C=O) groups is 2. The first kappa shape index (κ1) is 15.6. The van der Waals surface area contributed by atoms with Crippen LogP contribution < -0.4 is 15.2 Å². The van der Waals surface area contributed by atoms with Crippen LogP contribution in [0.3, 0.4) is 0 Å². The lowest BCUT2D eigenvalue weighted by Gasteiger charge is -2.13. The Labute approximate surface area is 128 Å². The van der Waals surface area contributed by atoms with Gasteiger partial charge in [-0.2, -0.15) is 0 Å². The molecule has 22 heavy (non-hydrogen) atoms. The molecule has 0 fully saturated rings. The highest BCUT2D eigenvalue weighted by Crippen LogP contribution is 2.24. The summed E-state index contributed by atoms with van der Waals surface area (Å²) in [5, 5.41) is 0. The van der Waals surface area contributed by atoms with Crippen molar-refractivity contribution in [3.05, 3.63) is 59.2 Å². The van der Waals surface area contributed by atoms with Crippen LogP contribution in [0.1, 0.15) is 33.2 Å². The summed E-state index contributed by atoms with van der Waals surface area (Å²) in [5.41, 5.74) is 6.91. The zero-order valence-corrected chi connectivity index (χ0v) is 12.5. The van der Waals surface area contributed by atoms with Crippen LogP contribution in [0.2, 0.25) is 0 Å². The molecule has 0 heterocycles. The highest BCUT2D eigenvalue weighted by atomic mass is 16.5. The highest BCUT2D eigenvalue weighted by Gasteiger charge is 2.11. The van der Waals surface area contributed by atoms with Crippen LogP contribution in [-0.4, -0.2) is 18.8 Å². The Morgan fingerprint density at radius 2 is 1.82 bits per heavy atom. The minimum absolute atomic E-state index is 0.0403. The van der Waals surface area contributed by atoms with Crippen molar-refractivity contribution >= 4 is 11.7 Å². The number of amides is 1. The molecular weight excluding hydrogens is 282 g/mol. The van der Waals surface area contributed by atoms with Crippen molar-refractivity contribution in [3.63, 3.8) is 0 Å². The fraction of sp³-hybridized carbons (Fsp3) is 0.176. The number of hydrogen-bond acceptors (Lipinski definition) is 4. The molecule has 0 spiro atoms. The summed E-state index contributed by atoms with van der Waals surface area (Å²) >= 11 is 0. The van der Waals surface area contributed by atoms with Crippen molar-refractivity contribution in [3.8, 4) is 11.5 Å². The molecule has 2 aromatic rings. The lowest BCUT2D eigenvalue weighted by atomic mass is 10.1. The van der Waals surface area contributed by atoms with Crippen LogP contribution in [0.5, 0.6) is 11.5 Å². The fourth-order valence-corrected chi connectivity index (χ4v) is 2.06. The number of carbonyl (C=O) groups excluding carboxylic acids is 2. The zero-order valence-electron chi connectivity index (χ0n) is 12.5. The lowest BCUT2D eigenvalue weighted by molar-refractivity contribution is 0.0993. The molecule has 0 unspecified atom stereocenters. The van der Waals surface area contributed by atoms with Crippen molar-refractivity contribution in [2.75, 3.05) is 7.11 Å². The number of ether oxygens (including phenoxy) is 2. The van der Waals surface area contributed by atoms with Crippen molar-refractivity contribution in [1.82, 2.24) is 0 Å². The Hall–Kier alpha value is -2.82. The monoisotopic (exact) mass is 299 g/mol. The summed E-state index contributed by atoms with van der Waals surface area (Å²) in [6.45, 7) is 1.66. The number of hydrogen-bond donors (Lipinski definition) is 1. The van der Waals surface area contributed by atoms with E-state index in [2.05, 4.69) is 0 Å². The molecule has 5 heteroatoms. The molecule has 0 atom stereocenters. The van der Waals surface area contributed by atoms with E-state index in [4.69, 9.17) is 15.2 Å². The molecule has 0 aliphatic heterocycles. The maximum Gasteiger partial charge on any atom is 0.252 e. The second-order valence-electron chi connectivity index (χ2n) is 4.73. The van der Waals surface area contributed by atoms with Gasteiger partial charge in [-0.3, -0.25) is 9.59 Å². The van der Waals surface area contributed by atoms with E-state index in [0.717, 1.165) is 5.56 Å². The molecule has 2 N–H and O–H groups in total. The number of nitrogens with two attached hydrogens (primary N) is 1. The van der Waals surface area contributed by atoms with Gasteiger partial charge in [0.05, 0.1) is 12.7 Å². The number of Topliss-reactive ketones (excluding diaryl/α,β-unsaturated/α-hetero) is 1. The van der Waals surface area contributed by atoms with Crippen molar-refractivity contribution < 1.29 is 19.1 Å². The second-order valence-corrected chi connectivity index (χ2v) is 4.73. The molecular formula is C17H17NO4. The Morgan fingerprint density at radius 1 is 1.09 bits per heavy atom. The van der Waals surface area contributed by atoms with Gasteiger partial charge in [0.1, 0.15) is 18.1 Å². The van der Waals surface area contributed by atoms with E-state index in [-0.39, 0.29) is 12.4 Å². The number of primary amides is 1. The minimum atomic E-state index is -0.556. The number of ketones is 1. The predicted octanol–water partition coefficient (Wildman–Crippen LogP) is 2.58. The molecule has 2 aromatic carbocycles. The van der Waals surface area contributed by atoms with E-state index in [1.807, 2.05) is 0 Å². The normalized spacial score (nSPS) is 10.1. The van der Waals surface area contributed by atoms with E-state index in [9.17, 15) is 9.59 Å². The summed E-state index contributed by atoms with van der Waals surface area (Å²) in [6, 6.07) is 11.9. The van der Waals surface area contributed by atoms with E-state index >= 15 is 0 Å². The predicted molar refractivity (Wildman–Crippen MR) is 82.3 cm³/mol. The summed E-state index contributed by atoms with van der Waals surface area (Å²) in [6.07, 6.45) is 0. The van der Waals surface area contributed by atoms with Gasteiger partial charge < -0.3 is 15.2 Å². The van der Waals surface area contributed by atoms with Gasteiger partial charge in [0.2, 0.25) is 0 Å². The summed E-state index contributed by atoms with van der Waals surface area (Å²) in [4.78, 5) is 22.8. The Morgan fingerprint density at radius 3 is 2.45 bits per heavy atom. The number of rotatable bonds is 6. The first-order valence-corrected chi connectivity index (χ1v) is 6.72. The molecule has 0 aromatic heterocycles. The van der Waals surface area contributed by atoms with Crippen LogP contribution in [0.15, 0.2) is 42.5 Å². The third kappa shape index (κ3) is 3.44. The zero-order chi connectivity index (χ0) is 16.1. The topological polar surface area (TPSA) is 78.6 Å². The van der Waals surface area contributed by atoms with Gasteiger partial charge >= 0.3 is 0 Å². The average molecular weight is 299 g/mol. The number of methoxy groups -OCH3 is 1. The third-order valence-corrected chi connectivity index (χ3v) is 3.22. The molecule has 0 aliphatic rings. The van der Waals surface area contributed by atoms with Gasteiger partial charge in [-0.25, -0.2) is 0 Å². The molecule has 0 saturated carbocycles. The summed E-state index contributed by atoms with van der Waals surface area (Å²) < 4.78 is 10.9. The SMILES string of the molecule is COc1ccc(C(C)=O)cc1COc1ccccc1C(N)=O. The molecule has 0 radical (unpaired) electrons. The van der Waals surface area contributed by atoms with Crippen molar-refractivity contribution in [1.29, 1.82) is 0 Å². The maximum atomic E-state index is 11.5. The molecule has 1 amide bonds. The molecule has 0 saturated heterocycles. The maximum absolute atomic E-state index is 11.5. The van der Waals surface area contributed by atoms with Crippen LogP contribution in [0.4, 0.5) is 0 Å². The third-order valence-electron chi connectivity index (χ3n) is 3.22. The van der Waals surface area contributed by atoms with Crippen molar-refractivity contribution in [2.24, 2.45) is 5.73 Å². The standard InChI is InChI=1S/C17H17NO4/c1-11(19)12-7-8-15(21-2)13(9-12)10-22-16-6-4-3-5-14(16)17(18)20/h3-9H,10H2,1-2H3,(H2,18,20). The van der Waals surface area contributed by atoms with E-state index in [0.29, 0.717) is 22.6 Å². The number of benzene rings is 2. The molecule has 0 bridgehead atoms. The Kier molecular flexibility index (Phi) is 4.78. The van der Waals surface area contributed by atoms with Gasteiger partial charge in [0, 0.05) is 11.1 Å². The second kappa shape index (κ2) is 6.76. The van der Waals surface area contributed by atoms with Crippen molar-refractivity contribution in [2.45, 2.75) is 13.5 Å². The molecule has 5 nitrogen and oxygen atoms in total. The minimum Gasteiger partial charge on any atom is -0.496 e. The van der Waals surface area contributed by atoms with Crippen LogP contribution >= 0.6 is 0 Å². The largest absolute Gasteiger partial charge is 0.496 e.